The summed E-state index contributed by atoms with van der Waals surface area (Å²) in [5.41, 5.74) is -0.165. The highest BCUT2D eigenvalue weighted by atomic mass is 32.2. The number of hydrogen-bond acceptors (Lipinski definition) is 5. The van der Waals surface area contributed by atoms with E-state index >= 15 is 0 Å². The molecule has 0 saturated carbocycles. The molecular formula is C28H53NO4S. The van der Waals surface area contributed by atoms with Gasteiger partial charge < -0.3 is 9.47 Å². The maximum atomic E-state index is 12.6. The Morgan fingerprint density at radius 3 is 1.85 bits per heavy atom. The van der Waals surface area contributed by atoms with Crippen LogP contribution in [0, 0.1) is 0 Å². The molecule has 0 heterocycles. The molecule has 0 rings (SSSR count). The first-order valence-electron chi connectivity index (χ1n) is 13.6. The first-order chi connectivity index (χ1) is 16.1. The van der Waals surface area contributed by atoms with Crippen molar-refractivity contribution in [2.45, 2.75) is 150 Å². The first kappa shape index (κ1) is 32.8. The van der Waals surface area contributed by atoms with Crippen molar-refractivity contribution >= 4 is 23.8 Å². The van der Waals surface area contributed by atoms with E-state index in [9.17, 15) is 9.59 Å². The van der Waals surface area contributed by atoms with E-state index in [-0.39, 0.29) is 6.10 Å². The van der Waals surface area contributed by atoms with E-state index in [2.05, 4.69) is 19.2 Å². The predicted molar refractivity (Wildman–Crippen MR) is 146 cm³/mol. The average Bonchev–Trinajstić information content (AvgIpc) is 2.75. The number of rotatable bonds is 19. The van der Waals surface area contributed by atoms with Crippen molar-refractivity contribution < 1.29 is 19.1 Å². The zero-order chi connectivity index (χ0) is 25.8. The van der Waals surface area contributed by atoms with Crippen LogP contribution in [0.1, 0.15) is 138 Å². The van der Waals surface area contributed by atoms with Crippen LogP contribution < -0.4 is 5.32 Å². The highest BCUT2D eigenvalue weighted by Crippen LogP contribution is 2.23. The average molecular weight is 500 g/mol. The predicted octanol–water partition coefficient (Wildman–Crippen LogP) is 8.91. The van der Waals surface area contributed by atoms with Gasteiger partial charge in [0.2, 0.25) is 0 Å². The number of amides is 1. The number of unbranched alkanes of at least 4 members (excludes halogenated alkanes) is 11. The first-order valence-corrected chi connectivity index (χ1v) is 14.6. The van der Waals surface area contributed by atoms with Gasteiger partial charge in [0.1, 0.15) is 11.7 Å². The number of nitrogens with one attached hydrogen (secondary N) is 1. The Bertz CT molecular complexity index is 583. The molecule has 0 bridgehead atoms. The van der Waals surface area contributed by atoms with Gasteiger partial charge in [-0.3, -0.25) is 5.32 Å². The molecule has 0 aromatic rings. The second-order valence-electron chi connectivity index (χ2n) is 10.3. The van der Waals surface area contributed by atoms with Crippen LogP contribution in [0.15, 0.2) is 10.6 Å². The number of esters is 1. The van der Waals surface area contributed by atoms with Gasteiger partial charge in [0.05, 0.1) is 10.6 Å². The van der Waals surface area contributed by atoms with Crippen molar-refractivity contribution in [2.24, 2.45) is 0 Å². The number of ether oxygens (including phenoxy) is 2. The minimum Gasteiger partial charge on any atom is -0.457 e. The second-order valence-corrected chi connectivity index (χ2v) is 11.4. The summed E-state index contributed by atoms with van der Waals surface area (Å²) in [7, 11) is 0. The van der Waals surface area contributed by atoms with E-state index < -0.39 is 17.7 Å². The van der Waals surface area contributed by atoms with E-state index in [1.54, 1.807) is 6.92 Å². The summed E-state index contributed by atoms with van der Waals surface area (Å²) in [6.45, 7) is 13.6. The molecule has 0 saturated heterocycles. The van der Waals surface area contributed by atoms with E-state index in [4.69, 9.17) is 9.47 Å². The van der Waals surface area contributed by atoms with Crippen molar-refractivity contribution in [2.75, 3.05) is 5.75 Å². The maximum Gasteiger partial charge on any atom is 0.412 e. The van der Waals surface area contributed by atoms with Crippen molar-refractivity contribution in [1.29, 1.82) is 0 Å². The molecule has 34 heavy (non-hydrogen) atoms. The van der Waals surface area contributed by atoms with Crippen LogP contribution in [0.5, 0.6) is 0 Å². The third-order valence-electron chi connectivity index (χ3n) is 5.53. The van der Waals surface area contributed by atoms with Gasteiger partial charge in [0.15, 0.2) is 0 Å². The largest absolute Gasteiger partial charge is 0.457 e. The summed E-state index contributed by atoms with van der Waals surface area (Å²) < 4.78 is 11.1. The summed E-state index contributed by atoms with van der Waals surface area (Å²) in [6.07, 6.45) is 16.2. The number of carbonyl (C=O) groups is 2. The fourth-order valence-corrected chi connectivity index (χ4v) is 4.50. The van der Waals surface area contributed by atoms with E-state index in [0.29, 0.717) is 10.6 Å². The highest BCUT2D eigenvalue weighted by Gasteiger charge is 2.22. The lowest BCUT2D eigenvalue weighted by atomic mass is 10.1. The quantitative estimate of drug-likeness (QED) is 0.109. The fourth-order valence-electron chi connectivity index (χ4n) is 3.49. The monoisotopic (exact) mass is 499 g/mol. The van der Waals surface area contributed by atoms with Crippen LogP contribution in [0.2, 0.25) is 0 Å². The summed E-state index contributed by atoms with van der Waals surface area (Å²) in [4.78, 5) is 25.1. The Morgan fingerprint density at radius 2 is 1.32 bits per heavy atom. The summed E-state index contributed by atoms with van der Waals surface area (Å²) in [5.74, 6) is 0.438. The highest BCUT2D eigenvalue weighted by molar-refractivity contribution is 8.03. The normalized spacial score (nSPS) is 13.3. The summed E-state index contributed by atoms with van der Waals surface area (Å²) in [5, 5.41) is 3.37. The fraction of sp³-hybridized carbons (Fsp3) is 0.857. The molecule has 0 aromatic carbocycles. The van der Waals surface area contributed by atoms with Gasteiger partial charge in [-0.2, -0.15) is 0 Å². The van der Waals surface area contributed by atoms with Crippen LogP contribution in [0.4, 0.5) is 4.79 Å². The SMILES string of the molecule is CCCCCCCCCCCS/C(NC(=O)OC(C)CCCCCC)=C(\C)C(=O)OC(C)(C)C. The molecule has 0 aliphatic rings. The van der Waals surface area contributed by atoms with E-state index in [1.807, 2.05) is 27.7 Å². The number of hydrogen-bond donors (Lipinski definition) is 1. The van der Waals surface area contributed by atoms with Gasteiger partial charge in [0, 0.05) is 0 Å². The second kappa shape index (κ2) is 20.1. The van der Waals surface area contributed by atoms with E-state index in [0.717, 1.165) is 31.4 Å². The smallest absolute Gasteiger partial charge is 0.412 e. The standard InChI is InChI=1S/C28H53NO4S/c1-8-10-12-14-15-16-17-18-20-22-34-25(24(4)26(30)33-28(5,6)7)29-27(31)32-23(3)21-19-13-11-9-2/h23H,8-22H2,1-7H3,(H,29,31)/b25-24+. The lowest BCUT2D eigenvalue weighted by Crippen LogP contribution is -2.30. The molecule has 0 fully saturated rings. The summed E-state index contributed by atoms with van der Waals surface area (Å²) in [6, 6.07) is 0. The Labute approximate surface area is 214 Å². The van der Waals surface area contributed by atoms with Gasteiger partial charge in [-0.05, 0) is 59.6 Å². The third-order valence-corrected chi connectivity index (χ3v) is 6.72. The lowest BCUT2D eigenvalue weighted by molar-refractivity contribution is -0.149. The van der Waals surface area contributed by atoms with Crippen LogP contribution in [0.3, 0.4) is 0 Å². The molecule has 1 unspecified atom stereocenters. The van der Waals surface area contributed by atoms with Crippen LogP contribution in [-0.4, -0.2) is 29.5 Å². The van der Waals surface area contributed by atoms with Gasteiger partial charge in [-0.1, -0.05) is 84.5 Å². The van der Waals surface area contributed by atoms with Crippen molar-refractivity contribution in [3.8, 4) is 0 Å². The molecule has 0 aliphatic carbocycles. The van der Waals surface area contributed by atoms with Crippen LogP contribution in [0.25, 0.3) is 0 Å². The molecule has 1 atom stereocenters. The van der Waals surface area contributed by atoms with E-state index in [1.165, 1.54) is 76.0 Å². The zero-order valence-corrected chi connectivity index (χ0v) is 24.0. The topological polar surface area (TPSA) is 64.6 Å². The van der Waals surface area contributed by atoms with Gasteiger partial charge >= 0.3 is 12.1 Å². The minimum atomic E-state index is -0.585. The Morgan fingerprint density at radius 1 is 0.824 bits per heavy atom. The molecule has 6 heteroatoms. The zero-order valence-electron chi connectivity index (χ0n) is 23.2. The summed E-state index contributed by atoms with van der Waals surface area (Å²) >= 11 is 1.51. The number of carbonyl (C=O) groups excluding carboxylic acids is 2. The number of alkyl carbamates (subject to hydrolysis) is 1. The Hall–Kier alpha value is -1.17. The maximum absolute atomic E-state index is 12.6. The Balaban J connectivity index is 4.69. The van der Waals surface area contributed by atoms with Crippen molar-refractivity contribution in [3.05, 3.63) is 10.6 Å². The Kier molecular flexibility index (Phi) is 19.4. The molecule has 0 radical (unpaired) electrons. The molecule has 200 valence electrons. The van der Waals surface area contributed by atoms with Gasteiger partial charge in [-0.25, -0.2) is 9.59 Å². The van der Waals surface area contributed by atoms with Crippen molar-refractivity contribution in [3.63, 3.8) is 0 Å². The van der Waals surface area contributed by atoms with Crippen molar-refractivity contribution in [1.82, 2.24) is 5.32 Å². The molecular weight excluding hydrogens is 446 g/mol. The molecule has 1 N–H and O–H groups in total. The molecule has 0 spiro atoms. The minimum absolute atomic E-state index is 0.151. The molecule has 0 aromatic heterocycles. The number of thioether (sulfide) groups is 1. The third kappa shape index (κ3) is 19.2. The van der Waals surface area contributed by atoms with Gasteiger partial charge in [0.25, 0.3) is 0 Å². The van der Waals surface area contributed by atoms with Crippen LogP contribution in [-0.2, 0) is 14.3 Å². The molecule has 0 aliphatic heterocycles. The molecule has 5 nitrogen and oxygen atoms in total. The van der Waals surface area contributed by atoms with Crippen LogP contribution >= 0.6 is 11.8 Å². The van der Waals surface area contributed by atoms with Gasteiger partial charge in [-0.15, -0.1) is 11.8 Å². The molecule has 1 amide bonds. The lowest BCUT2D eigenvalue weighted by Gasteiger charge is -2.21.